The Kier molecular flexibility index (Phi) is 5.08. The molecule has 0 fully saturated rings. The van der Waals surface area contributed by atoms with E-state index in [9.17, 15) is 18.4 Å². The number of nitrogens with zero attached hydrogens (tertiary/aromatic N) is 1. The van der Waals surface area contributed by atoms with Gasteiger partial charge in [0.15, 0.2) is 0 Å². The highest BCUT2D eigenvalue weighted by molar-refractivity contribution is 6.08. The maximum atomic E-state index is 13.3. The number of benzene rings is 3. The number of halogens is 2. The molecule has 0 bridgehead atoms. The number of rotatable bonds is 4. The zero-order valence-electron chi connectivity index (χ0n) is 15.5. The topological polar surface area (TPSA) is 49.4 Å². The summed E-state index contributed by atoms with van der Waals surface area (Å²) < 4.78 is 26.4. The van der Waals surface area contributed by atoms with Gasteiger partial charge in [-0.25, -0.2) is 8.78 Å². The Labute approximate surface area is 166 Å². The van der Waals surface area contributed by atoms with Gasteiger partial charge in [0.2, 0.25) is 0 Å². The smallest absolute Gasteiger partial charge is 0.258 e. The molecule has 1 aliphatic heterocycles. The first-order valence-electron chi connectivity index (χ1n) is 9.25. The normalized spacial score (nSPS) is 12.6. The van der Waals surface area contributed by atoms with E-state index in [0.717, 1.165) is 5.56 Å². The molecule has 1 heterocycles. The summed E-state index contributed by atoms with van der Waals surface area (Å²) in [5.41, 5.74) is 3.02. The quantitative estimate of drug-likeness (QED) is 0.727. The monoisotopic (exact) mass is 392 g/mol. The van der Waals surface area contributed by atoms with E-state index >= 15 is 0 Å². The van der Waals surface area contributed by atoms with Crippen molar-refractivity contribution < 1.29 is 18.4 Å². The number of anilines is 1. The third kappa shape index (κ3) is 3.87. The molecule has 1 aliphatic rings. The Morgan fingerprint density at radius 3 is 2.45 bits per heavy atom. The molecular weight excluding hydrogens is 374 g/mol. The second-order valence-electron chi connectivity index (χ2n) is 6.83. The molecule has 0 atom stereocenters. The van der Waals surface area contributed by atoms with E-state index in [-0.39, 0.29) is 24.2 Å². The molecule has 0 saturated heterocycles. The lowest BCUT2D eigenvalue weighted by Crippen LogP contribution is -2.28. The fraction of sp³-hybridized carbons (Fsp3) is 0.130. The second kappa shape index (κ2) is 7.83. The average Bonchev–Trinajstić information content (AvgIpc) is 3.16. The number of carbonyl (C=O) groups is 2. The van der Waals surface area contributed by atoms with Crippen molar-refractivity contribution in [1.29, 1.82) is 0 Å². The summed E-state index contributed by atoms with van der Waals surface area (Å²) in [5, 5.41) is 2.80. The number of hydrogen-bond acceptors (Lipinski definition) is 2. The van der Waals surface area contributed by atoms with Crippen LogP contribution < -0.4 is 10.2 Å². The molecule has 0 aliphatic carbocycles. The minimum atomic E-state index is -0.402. The van der Waals surface area contributed by atoms with Gasteiger partial charge in [0.25, 0.3) is 11.8 Å². The molecule has 0 radical (unpaired) electrons. The largest absolute Gasteiger partial charge is 0.348 e. The lowest BCUT2D eigenvalue weighted by atomic mass is 10.0. The van der Waals surface area contributed by atoms with Gasteiger partial charge in [-0.1, -0.05) is 18.2 Å². The number of hydrogen-bond donors (Lipinski definition) is 1. The van der Waals surface area contributed by atoms with Crippen molar-refractivity contribution in [3.63, 3.8) is 0 Å². The van der Waals surface area contributed by atoms with Crippen LogP contribution in [0.5, 0.6) is 0 Å². The highest BCUT2D eigenvalue weighted by atomic mass is 19.1. The van der Waals surface area contributed by atoms with E-state index in [0.29, 0.717) is 35.3 Å². The van der Waals surface area contributed by atoms with Crippen molar-refractivity contribution >= 4 is 17.5 Å². The SMILES string of the molecule is O=C(NCc1cccc(F)c1)c1cccc2c1CCN2C(=O)c1ccc(F)cc1. The van der Waals surface area contributed by atoms with E-state index in [1.807, 2.05) is 0 Å². The first-order chi connectivity index (χ1) is 14.0. The summed E-state index contributed by atoms with van der Waals surface area (Å²) in [5.74, 6) is -1.27. The minimum absolute atomic E-state index is 0.207. The van der Waals surface area contributed by atoms with Crippen LogP contribution in [0.4, 0.5) is 14.5 Å². The fourth-order valence-electron chi connectivity index (χ4n) is 3.53. The third-order valence-electron chi connectivity index (χ3n) is 4.95. The van der Waals surface area contributed by atoms with Gasteiger partial charge in [-0.2, -0.15) is 0 Å². The molecule has 0 saturated carbocycles. The summed E-state index contributed by atoms with van der Waals surface area (Å²) in [6.45, 7) is 0.651. The van der Waals surface area contributed by atoms with Crippen LogP contribution in [0, 0.1) is 11.6 Å². The molecule has 0 spiro atoms. The van der Waals surface area contributed by atoms with Gasteiger partial charge in [-0.15, -0.1) is 0 Å². The molecule has 1 N–H and O–H groups in total. The Morgan fingerprint density at radius 1 is 0.931 bits per heavy atom. The minimum Gasteiger partial charge on any atom is -0.348 e. The molecule has 4 rings (SSSR count). The second-order valence-corrected chi connectivity index (χ2v) is 6.83. The van der Waals surface area contributed by atoms with E-state index < -0.39 is 5.82 Å². The standard InChI is InChI=1S/C23H18F2N2O2/c24-17-9-7-16(8-10-17)23(29)27-12-11-19-20(5-2-6-21(19)27)22(28)26-14-15-3-1-4-18(25)13-15/h1-10,13H,11-12,14H2,(H,26,28). The molecule has 29 heavy (non-hydrogen) atoms. The summed E-state index contributed by atoms with van der Waals surface area (Å²) in [7, 11) is 0. The highest BCUT2D eigenvalue weighted by Crippen LogP contribution is 2.32. The predicted molar refractivity (Wildman–Crippen MR) is 106 cm³/mol. The van der Waals surface area contributed by atoms with Crippen LogP contribution in [-0.2, 0) is 13.0 Å². The van der Waals surface area contributed by atoms with E-state index in [4.69, 9.17) is 0 Å². The lowest BCUT2D eigenvalue weighted by Gasteiger charge is -2.18. The van der Waals surface area contributed by atoms with E-state index in [1.165, 1.54) is 36.4 Å². The zero-order chi connectivity index (χ0) is 20.4. The number of nitrogens with one attached hydrogen (secondary N) is 1. The van der Waals surface area contributed by atoms with Crippen LogP contribution in [0.2, 0.25) is 0 Å². The van der Waals surface area contributed by atoms with Crippen molar-refractivity contribution in [2.24, 2.45) is 0 Å². The Balaban J connectivity index is 1.53. The highest BCUT2D eigenvalue weighted by Gasteiger charge is 2.28. The summed E-state index contributed by atoms with van der Waals surface area (Å²) in [6, 6.07) is 16.7. The summed E-state index contributed by atoms with van der Waals surface area (Å²) >= 11 is 0. The van der Waals surface area contributed by atoms with Gasteiger partial charge in [0.1, 0.15) is 11.6 Å². The van der Waals surface area contributed by atoms with Crippen LogP contribution in [0.25, 0.3) is 0 Å². The molecule has 146 valence electrons. The van der Waals surface area contributed by atoms with Crippen molar-refractivity contribution in [2.45, 2.75) is 13.0 Å². The Morgan fingerprint density at radius 2 is 1.69 bits per heavy atom. The van der Waals surface area contributed by atoms with Crippen molar-refractivity contribution in [3.8, 4) is 0 Å². The van der Waals surface area contributed by atoms with E-state index in [1.54, 1.807) is 35.2 Å². The van der Waals surface area contributed by atoms with Gasteiger partial charge in [0, 0.05) is 29.9 Å². The molecule has 3 aromatic rings. The Hall–Kier alpha value is -3.54. The average molecular weight is 392 g/mol. The first kappa shape index (κ1) is 18.8. The van der Waals surface area contributed by atoms with Gasteiger partial charge in [-0.05, 0) is 66.1 Å². The molecule has 4 nitrogen and oxygen atoms in total. The number of carbonyl (C=O) groups excluding carboxylic acids is 2. The van der Waals surface area contributed by atoms with Gasteiger partial charge in [0.05, 0.1) is 0 Å². The van der Waals surface area contributed by atoms with Crippen LogP contribution in [0.15, 0.2) is 66.7 Å². The van der Waals surface area contributed by atoms with Gasteiger partial charge < -0.3 is 10.2 Å². The summed E-state index contributed by atoms with van der Waals surface area (Å²) in [4.78, 5) is 27.1. The molecule has 6 heteroatoms. The van der Waals surface area contributed by atoms with Gasteiger partial charge >= 0.3 is 0 Å². The number of fused-ring (bicyclic) bond motifs is 1. The van der Waals surface area contributed by atoms with Crippen LogP contribution in [0.1, 0.15) is 31.8 Å². The van der Waals surface area contributed by atoms with Crippen LogP contribution >= 0.6 is 0 Å². The van der Waals surface area contributed by atoms with Gasteiger partial charge in [-0.3, -0.25) is 9.59 Å². The Bertz CT molecular complexity index is 1080. The summed E-state index contributed by atoms with van der Waals surface area (Å²) in [6.07, 6.45) is 0.547. The van der Waals surface area contributed by atoms with Crippen LogP contribution in [-0.4, -0.2) is 18.4 Å². The lowest BCUT2D eigenvalue weighted by molar-refractivity contribution is 0.0948. The predicted octanol–water partition coefficient (Wildman–Crippen LogP) is 4.10. The van der Waals surface area contributed by atoms with Crippen LogP contribution in [0.3, 0.4) is 0 Å². The first-order valence-corrected chi connectivity index (χ1v) is 9.25. The molecule has 2 amide bonds. The molecular formula is C23H18F2N2O2. The molecule has 0 unspecified atom stereocenters. The van der Waals surface area contributed by atoms with Crippen molar-refractivity contribution in [3.05, 3.63) is 101 Å². The zero-order valence-corrected chi connectivity index (χ0v) is 15.5. The maximum absolute atomic E-state index is 13.3. The maximum Gasteiger partial charge on any atom is 0.258 e. The third-order valence-corrected chi connectivity index (χ3v) is 4.95. The number of amides is 2. The van der Waals surface area contributed by atoms with E-state index in [2.05, 4.69) is 5.32 Å². The van der Waals surface area contributed by atoms with Crippen molar-refractivity contribution in [1.82, 2.24) is 5.32 Å². The fourth-order valence-corrected chi connectivity index (χ4v) is 3.53. The van der Waals surface area contributed by atoms with Crippen molar-refractivity contribution in [2.75, 3.05) is 11.4 Å². The molecule has 3 aromatic carbocycles. The molecule has 0 aromatic heterocycles.